The van der Waals surface area contributed by atoms with Gasteiger partial charge in [-0.3, -0.25) is 0 Å². The van der Waals surface area contributed by atoms with Crippen LogP contribution in [0.5, 0.6) is 0 Å². The lowest BCUT2D eigenvalue weighted by Gasteiger charge is -2.11. The van der Waals surface area contributed by atoms with Gasteiger partial charge in [-0.1, -0.05) is 18.5 Å². The molecule has 0 atom stereocenters. The molecule has 3 nitrogen and oxygen atoms in total. The van der Waals surface area contributed by atoms with Gasteiger partial charge in [0.05, 0.1) is 0 Å². The molecule has 4 heteroatoms. The maximum absolute atomic E-state index is 5.85. The van der Waals surface area contributed by atoms with Gasteiger partial charge < -0.3 is 5.32 Å². The molecule has 0 radical (unpaired) electrons. The van der Waals surface area contributed by atoms with Crippen molar-refractivity contribution >= 4 is 23.1 Å². The highest BCUT2D eigenvalue weighted by molar-refractivity contribution is 6.30. The van der Waals surface area contributed by atoms with Crippen molar-refractivity contribution in [2.24, 2.45) is 0 Å². The Morgan fingerprint density at radius 3 is 2.53 bits per heavy atom. The Hall–Kier alpha value is -1.61. The monoisotopic (exact) mass is 247 g/mol. The van der Waals surface area contributed by atoms with Crippen LogP contribution in [0.15, 0.2) is 30.6 Å². The Balaban J connectivity index is 2.29. The van der Waals surface area contributed by atoms with E-state index in [4.69, 9.17) is 11.6 Å². The number of anilines is 2. The number of benzene rings is 1. The molecule has 0 unspecified atom stereocenters. The summed E-state index contributed by atoms with van der Waals surface area (Å²) in [5.41, 5.74) is 3.13. The molecule has 0 aliphatic rings. The number of halogens is 1. The molecular formula is C13H14ClN3. The SMILES string of the molecule is CCc1c(C)ncnc1Nc1ccc(Cl)cc1. The van der Waals surface area contributed by atoms with Gasteiger partial charge in [0, 0.05) is 22.0 Å². The Kier molecular flexibility index (Phi) is 3.59. The van der Waals surface area contributed by atoms with Crippen LogP contribution in [-0.2, 0) is 6.42 Å². The van der Waals surface area contributed by atoms with Crippen LogP contribution in [0.2, 0.25) is 5.02 Å². The molecule has 0 fully saturated rings. The molecule has 1 N–H and O–H groups in total. The topological polar surface area (TPSA) is 37.8 Å². The van der Waals surface area contributed by atoms with E-state index in [2.05, 4.69) is 22.2 Å². The van der Waals surface area contributed by atoms with Crippen LogP contribution >= 0.6 is 11.6 Å². The Morgan fingerprint density at radius 1 is 1.18 bits per heavy atom. The van der Waals surface area contributed by atoms with Crippen molar-refractivity contribution in [1.29, 1.82) is 0 Å². The predicted molar refractivity (Wildman–Crippen MR) is 70.9 cm³/mol. The zero-order chi connectivity index (χ0) is 12.3. The number of nitrogens with zero attached hydrogens (tertiary/aromatic N) is 2. The van der Waals surface area contributed by atoms with Gasteiger partial charge in [-0.2, -0.15) is 0 Å². The standard InChI is InChI=1S/C13H14ClN3/c1-3-12-9(2)15-8-16-13(12)17-11-6-4-10(14)5-7-11/h4-8H,3H2,1-2H3,(H,15,16,17). The van der Waals surface area contributed by atoms with Gasteiger partial charge in [-0.05, 0) is 37.6 Å². The summed E-state index contributed by atoms with van der Waals surface area (Å²) in [6.45, 7) is 4.09. The highest BCUT2D eigenvalue weighted by atomic mass is 35.5. The summed E-state index contributed by atoms with van der Waals surface area (Å²) < 4.78 is 0. The second kappa shape index (κ2) is 5.15. The molecule has 1 aromatic heterocycles. The van der Waals surface area contributed by atoms with Crippen LogP contribution in [0, 0.1) is 6.92 Å². The highest BCUT2D eigenvalue weighted by Crippen LogP contribution is 2.21. The van der Waals surface area contributed by atoms with Crippen molar-refractivity contribution in [3.63, 3.8) is 0 Å². The lowest BCUT2D eigenvalue weighted by atomic mass is 10.1. The summed E-state index contributed by atoms with van der Waals surface area (Å²) in [5.74, 6) is 0.863. The van der Waals surface area contributed by atoms with E-state index in [0.29, 0.717) is 0 Å². The average molecular weight is 248 g/mol. The fourth-order valence-electron chi connectivity index (χ4n) is 1.70. The normalized spacial score (nSPS) is 10.3. The molecule has 1 heterocycles. The minimum absolute atomic E-state index is 0.727. The zero-order valence-corrected chi connectivity index (χ0v) is 10.6. The molecular weight excluding hydrogens is 234 g/mol. The van der Waals surface area contributed by atoms with E-state index < -0.39 is 0 Å². The van der Waals surface area contributed by atoms with E-state index in [1.807, 2.05) is 31.2 Å². The number of aryl methyl sites for hydroxylation is 1. The van der Waals surface area contributed by atoms with Crippen LogP contribution in [0.4, 0.5) is 11.5 Å². The third kappa shape index (κ3) is 2.74. The maximum Gasteiger partial charge on any atom is 0.137 e. The van der Waals surface area contributed by atoms with Crippen LogP contribution in [0.1, 0.15) is 18.2 Å². The zero-order valence-electron chi connectivity index (χ0n) is 9.87. The first-order chi connectivity index (χ1) is 8.20. The summed E-state index contributed by atoms with van der Waals surface area (Å²) in [6.07, 6.45) is 2.48. The fourth-order valence-corrected chi connectivity index (χ4v) is 1.83. The average Bonchev–Trinajstić information content (AvgIpc) is 2.32. The number of hydrogen-bond acceptors (Lipinski definition) is 3. The van der Waals surface area contributed by atoms with Crippen molar-refractivity contribution in [2.75, 3.05) is 5.32 Å². The molecule has 1 aromatic carbocycles. The molecule has 0 saturated carbocycles. The third-order valence-electron chi connectivity index (χ3n) is 2.62. The molecule has 2 rings (SSSR count). The van der Waals surface area contributed by atoms with Gasteiger partial charge in [0.15, 0.2) is 0 Å². The van der Waals surface area contributed by atoms with Crippen LogP contribution in [0.3, 0.4) is 0 Å². The Bertz CT molecular complexity index is 509. The molecule has 0 spiro atoms. The first-order valence-corrected chi connectivity index (χ1v) is 5.91. The first-order valence-electron chi connectivity index (χ1n) is 5.53. The molecule has 88 valence electrons. The van der Waals surface area contributed by atoms with Crippen molar-refractivity contribution in [1.82, 2.24) is 9.97 Å². The summed E-state index contributed by atoms with van der Waals surface area (Å²) in [5, 5.41) is 4.01. The van der Waals surface area contributed by atoms with Crippen molar-refractivity contribution in [3.8, 4) is 0 Å². The van der Waals surface area contributed by atoms with Crippen LogP contribution in [0.25, 0.3) is 0 Å². The molecule has 0 aliphatic heterocycles. The number of aromatic nitrogens is 2. The second-order valence-electron chi connectivity index (χ2n) is 3.77. The predicted octanol–water partition coefficient (Wildman–Crippen LogP) is 3.74. The van der Waals surface area contributed by atoms with Crippen LogP contribution in [-0.4, -0.2) is 9.97 Å². The lowest BCUT2D eigenvalue weighted by Crippen LogP contribution is -2.02. The van der Waals surface area contributed by atoms with Gasteiger partial charge >= 0.3 is 0 Å². The van der Waals surface area contributed by atoms with E-state index in [9.17, 15) is 0 Å². The van der Waals surface area contributed by atoms with Crippen molar-refractivity contribution in [2.45, 2.75) is 20.3 Å². The fraction of sp³-hybridized carbons (Fsp3) is 0.231. The van der Waals surface area contributed by atoms with Gasteiger partial charge in [-0.25, -0.2) is 9.97 Å². The largest absolute Gasteiger partial charge is 0.340 e. The maximum atomic E-state index is 5.85. The van der Waals surface area contributed by atoms with E-state index >= 15 is 0 Å². The third-order valence-corrected chi connectivity index (χ3v) is 2.87. The highest BCUT2D eigenvalue weighted by Gasteiger charge is 2.06. The lowest BCUT2D eigenvalue weighted by molar-refractivity contribution is 1.000. The van der Waals surface area contributed by atoms with E-state index in [-0.39, 0.29) is 0 Å². The molecule has 0 saturated heterocycles. The van der Waals surface area contributed by atoms with Crippen molar-refractivity contribution < 1.29 is 0 Å². The van der Waals surface area contributed by atoms with E-state index in [1.54, 1.807) is 6.33 Å². The molecule has 0 aliphatic carbocycles. The number of nitrogens with one attached hydrogen (secondary N) is 1. The smallest absolute Gasteiger partial charge is 0.137 e. The minimum Gasteiger partial charge on any atom is -0.340 e. The number of hydrogen-bond donors (Lipinski definition) is 1. The summed E-state index contributed by atoms with van der Waals surface area (Å²) >= 11 is 5.85. The van der Waals surface area contributed by atoms with Gasteiger partial charge in [-0.15, -0.1) is 0 Å². The Morgan fingerprint density at radius 2 is 1.88 bits per heavy atom. The molecule has 0 amide bonds. The van der Waals surface area contributed by atoms with Gasteiger partial charge in [0.1, 0.15) is 12.1 Å². The molecule has 2 aromatic rings. The summed E-state index contributed by atoms with van der Waals surface area (Å²) in [4.78, 5) is 8.47. The minimum atomic E-state index is 0.727. The van der Waals surface area contributed by atoms with Crippen LogP contribution < -0.4 is 5.32 Å². The van der Waals surface area contributed by atoms with E-state index in [0.717, 1.165) is 34.2 Å². The van der Waals surface area contributed by atoms with Crippen molar-refractivity contribution in [3.05, 3.63) is 46.9 Å². The quantitative estimate of drug-likeness (QED) is 0.898. The summed E-state index contributed by atoms with van der Waals surface area (Å²) in [7, 11) is 0. The van der Waals surface area contributed by atoms with Gasteiger partial charge in [0.2, 0.25) is 0 Å². The first kappa shape index (κ1) is 11.9. The van der Waals surface area contributed by atoms with E-state index in [1.165, 1.54) is 0 Å². The summed E-state index contributed by atoms with van der Waals surface area (Å²) in [6, 6.07) is 7.56. The molecule has 17 heavy (non-hydrogen) atoms. The number of rotatable bonds is 3. The Labute approximate surface area is 106 Å². The molecule has 0 bridgehead atoms. The second-order valence-corrected chi connectivity index (χ2v) is 4.21. The van der Waals surface area contributed by atoms with Gasteiger partial charge in [0.25, 0.3) is 0 Å².